The third kappa shape index (κ3) is 9.11. The Kier molecular flexibility index (Phi) is 7.97. The first kappa shape index (κ1) is 22.3. The van der Waals surface area contributed by atoms with Gasteiger partial charge >= 0.3 is 12.4 Å². The van der Waals surface area contributed by atoms with Gasteiger partial charge in [0.25, 0.3) is 0 Å². The summed E-state index contributed by atoms with van der Waals surface area (Å²) < 4.78 is 74.0. The third-order valence-electron chi connectivity index (χ3n) is 3.57. The van der Waals surface area contributed by atoms with Crippen LogP contribution in [0.1, 0.15) is 13.3 Å². The smallest absolute Gasteiger partial charge is 0.357 e. The van der Waals surface area contributed by atoms with Crippen molar-refractivity contribution < 1.29 is 31.1 Å². The molecule has 1 amide bonds. The maximum absolute atomic E-state index is 12.4. The molecule has 1 fully saturated rings. The van der Waals surface area contributed by atoms with Crippen molar-refractivity contribution in [3.8, 4) is 0 Å². The van der Waals surface area contributed by atoms with Gasteiger partial charge in [-0.05, 0) is 13.3 Å². The van der Waals surface area contributed by atoms with E-state index in [2.05, 4.69) is 15.6 Å². The summed E-state index contributed by atoms with van der Waals surface area (Å²) in [6.45, 7) is -0.271. The zero-order valence-corrected chi connectivity index (χ0v) is 14.5. The van der Waals surface area contributed by atoms with Crippen molar-refractivity contribution >= 4 is 11.9 Å². The molecular weight excluding hydrogens is 368 g/mol. The SMILES string of the molecule is CCNC(=NCC(=O)N(C)CC(F)(F)F)NC1CCN(CC(F)(F)F)C1. The number of guanidine groups is 1. The van der Waals surface area contributed by atoms with Crippen LogP contribution >= 0.6 is 0 Å². The molecule has 152 valence electrons. The van der Waals surface area contributed by atoms with Crippen molar-refractivity contribution in [3.05, 3.63) is 0 Å². The van der Waals surface area contributed by atoms with Gasteiger partial charge < -0.3 is 15.5 Å². The predicted octanol–water partition coefficient (Wildman–Crippen LogP) is 1.20. The van der Waals surface area contributed by atoms with Crippen molar-refractivity contribution in [1.29, 1.82) is 0 Å². The Balaban J connectivity index is 2.55. The second-order valence-corrected chi connectivity index (χ2v) is 6.04. The van der Waals surface area contributed by atoms with E-state index >= 15 is 0 Å². The summed E-state index contributed by atoms with van der Waals surface area (Å²) in [4.78, 5) is 17.4. The standard InChI is InChI=1S/C14H23F6N5O/c1-3-21-12(22-6-11(26)24(2)8-13(15,16)17)23-10-4-5-25(7-10)9-14(18,19)20/h10H,3-9H2,1-2H3,(H2,21,22,23). The summed E-state index contributed by atoms with van der Waals surface area (Å²) in [5.41, 5.74) is 0. The van der Waals surface area contributed by atoms with E-state index in [-0.39, 0.29) is 25.1 Å². The van der Waals surface area contributed by atoms with E-state index in [1.807, 2.05) is 0 Å². The third-order valence-corrected chi connectivity index (χ3v) is 3.57. The van der Waals surface area contributed by atoms with Crippen LogP contribution < -0.4 is 10.6 Å². The zero-order chi connectivity index (χ0) is 20.0. The molecule has 26 heavy (non-hydrogen) atoms. The van der Waals surface area contributed by atoms with E-state index in [1.54, 1.807) is 6.92 Å². The van der Waals surface area contributed by atoms with Gasteiger partial charge in [0.1, 0.15) is 13.1 Å². The Hall–Kier alpha value is -1.72. The number of likely N-dealkylation sites (N-methyl/N-ethyl adjacent to an activating group) is 1. The Morgan fingerprint density at radius 3 is 2.42 bits per heavy atom. The van der Waals surface area contributed by atoms with Crippen LogP contribution in [0.15, 0.2) is 4.99 Å². The molecule has 1 aliphatic heterocycles. The fourth-order valence-corrected chi connectivity index (χ4v) is 2.49. The van der Waals surface area contributed by atoms with Crippen molar-refractivity contribution in [3.63, 3.8) is 0 Å². The van der Waals surface area contributed by atoms with Crippen molar-refractivity contribution in [1.82, 2.24) is 20.4 Å². The molecule has 0 aromatic heterocycles. The van der Waals surface area contributed by atoms with Crippen LogP contribution in [0, 0.1) is 0 Å². The van der Waals surface area contributed by atoms with Crippen molar-refractivity contribution in [2.45, 2.75) is 31.7 Å². The highest BCUT2D eigenvalue weighted by Gasteiger charge is 2.34. The average molecular weight is 391 g/mol. The van der Waals surface area contributed by atoms with Gasteiger partial charge in [0.2, 0.25) is 5.91 Å². The van der Waals surface area contributed by atoms with E-state index in [4.69, 9.17) is 0 Å². The number of nitrogens with one attached hydrogen (secondary N) is 2. The first-order valence-electron chi connectivity index (χ1n) is 8.04. The van der Waals surface area contributed by atoms with E-state index in [1.165, 1.54) is 4.90 Å². The highest BCUT2D eigenvalue weighted by Crippen LogP contribution is 2.20. The molecule has 1 heterocycles. The highest BCUT2D eigenvalue weighted by atomic mass is 19.4. The molecule has 0 radical (unpaired) electrons. The lowest BCUT2D eigenvalue weighted by atomic mass is 10.3. The van der Waals surface area contributed by atoms with Crippen LogP contribution in [0.3, 0.4) is 0 Å². The molecule has 6 nitrogen and oxygen atoms in total. The lowest BCUT2D eigenvalue weighted by molar-refractivity contribution is -0.157. The molecule has 0 aliphatic carbocycles. The summed E-state index contributed by atoms with van der Waals surface area (Å²) in [6, 6.07) is -0.293. The molecule has 0 aromatic carbocycles. The quantitative estimate of drug-likeness (QED) is 0.406. The van der Waals surface area contributed by atoms with Crippen LogP contribution in [-0.2, 0) is 4.79 Å². The molecule has 0 saturated carbocycles. The Morgan fingerprint density at radius 1 is 1.23 bits per heavy atom. The number of amides is 1. The molecule has 2 N–H and O–H groups in total. The number of halogens is 6. The molecule has 1 atom stereocenters. The molecule has 0 aromatic rings. The molecule has 0 bridgehead atoms. The number of hydrogen-bond donors (Lipinski definition) is 2. The number of alkyl halides is 6. The molecule has 1 aliphatic rings. The largest absolute Gasteiger partial charge is 0.406 e. The minimum atomic E-state index is -4.50. The van der Waals surface area contributed by atoms with Gasteiger partial charge in [-0.3, -0.25) is 9.69 Å². The highest BCUT2D eigenvalue weighted by molar-refractivity contribution is 5.85. The summed E-state index contributed by atoms with van der Waals surface area (Å²) in [5.74, 6) is -0.634. The number of rotatable bonds is 6. The van der Waals surface area contributed by atoms with Gasteiger partial charge in [-0.2, -0.15) is 26.3 Å². The second kappa shape index (κ2) is 9.28. The Morgan fingerprint density at radius 2 is 1.88 bits per heavy atom. The van der Waals surface area contributed by atoms with Gasteiger partial charge in [-0.1, -0.05) is 0 Å². The van der Waals surface area contributed by atoms with Gasteiger partial charge in [0.15, 0.2) is 5.96 Å². The lowest BCUT2D eigenvalue weighted by Crippen LogP contribution is -2.46. The first-order chi connectivity index (χ1) is 11.9. The van der Waals surface area contributed by atoms with E-state index in [0.717, 1.165) is 7.05 Å². The Bertz CT molecular complexity index is 493. The topological polar surface area (TPSA) is 60.0 Å². The van der Waals surface area contributed by atoms with Crippen LogP contribution in [0.25, 0.3) is 0 Å². The van der Waals surface area contributed by atoms with Crippen molar-refractivity contribution in [2.24, 2.45) is 4.99 Å². The van der Waals surface area contributed by atoms with Gasteiger partial charge in [0.05, 0.1) is 6.54 Å². The minimum absolute atomic E-state index is 0.159. The summed E-state index contributed by atoms with van der Waals surface area (Å²) in [6.07, 6.45) is -8.31. The average Bonchev–Trinajstić information content (AvgIpc) is 2.87. The van der Waals surface area contributed by atoms with Crippen LogP contribution in [0.4, 0.5) is 26.3 Å². The number of likely N-dealkylation sites (tertiary alicyclic amines) is 1. The lowest BCUT2D eigenvalue weighted by Gasteiger charge is -2.20. The maximum atomic E-state index is 12.4. The number of carbonyl (C=O) groups excluding carboxylic acids is 1. The van der Waals surface area contributed by atoms with Crippen LogP contribution in [0.5, 0.6) is 0 Å². The molecule has 1 rings (SSSR count). The number of carbonyl (C=O) groups is 1. The van der Waals surface area contributed by atoms with Crippen LogP contribution in [0.2, 0.25) is 0 Å². The first-order valence-corrected chi connectivity index (χ1v) is 8.04. The molecule has 12 heteroatoms. The zero-order valence-electron chi connectivity index (χ0n) is 14.5. The second-order valence-electron chi connectivity index (χ2n) is 6.04. The maximum Gasteiger partial charge on any atom is 0.406 e. The molecule has 1 unspecified atom stereocenters. The molecular formula is C14H23F6N5O. The van der Waals surface area contributed by atoms with E-state index < -0.39 is 37.9 Å². The fourth-order valence-electron chi connectivity index (χ4n) is 2.49. The van der Waals surface area contributed by atoms with Gasteiger partial charge in [-0.25, -0.2) is 4.99 Å². The monoisotopic (exact) mass is 391 g/mol. The Labute approximate surface area is 147 Å². The predicted molar refractivity (Wildman–Crippen MR) is 83.7 cm³/mol. The van der Waals surface area contributed by atoms with Crippen molar-refractivity contribution in [2.75, 3.05) is 46.3 Å². The number of nitrogens with zero attached hydrogens (tertiary/aromatic N) is 3. The van der Waals surface area contributed by atoms with E-state index in [9.17, 15) is 31.1 Å². The van der Waals surface area contributed by atoms with E-state index in [0.29, 0.717) is 17.9 Å². The summed E-state index contributed by atoms with van der Waals surface area (Å²) in [5, 5.41) is 5.73. The number of aliphatic imine (C=N–C) groups is 1. The van der Waals surface area contributed by atoms with Gasteiger partial charge in [0, 0.05) is 32.7 Å². The molecule has 0 spiro atoms. The summed E-state index contributed by atoms with van der Waals surface area (Å²) >= 11 is 0. The normalized spacial score (nSPS) is 19.5. The fraction of sp³-hybridized carbons (Fsp3) is 0.857. The summed E-state index contributed by atoms with van der Waals surface area (Å²) in [7, 11) is 1.03. The minimum Gasteiger partial charge on any atom is -0.357 e. The number of hydrogen-bond acceptors (Lipinski definition) is 3. The molecule has 1 saturated heterocycles. The van der Waals surface area contributed by atoms with Crippen LogP contribution in [-0.4, -0.2) is 86.4 Å². The van der Waals surface area contributed by atoms with Gasteiger partial charge in [-0.15, -0.1) is 0 Å².